The van der Waals surface area contributed by atoms with Gasteiger partial charge in [0.25, 0.3) is 17.5 Å². The van der Waals surface area contributed by atoms with Crippen LogP contribution >= 0.6 is 0 Å². The maximum absolute atomic E-state index is 12.4. The Bertz CT molecular complexity index is 830. The predicted octanol–water partition coefficient (Wildman–Crippen LogP) is 2.06. The second kappa shape index (κ2) is 5.72. The van der Waals surface area contributed by atoms with Gasteiger partial charge in [-0.05, 0) is 23.8 Å². The number of hydrazine groups is 1. The molecule has 0 unspecified atom stereocenters. The van der Waals surface area contributed by atoms with Gasteiger partial charge in [-0.25, -0.2) is 5.01 Å². The van der Waals surface area contributed by atoms with Crippen LogP contribution in [-0.2, 0) is 9.59 Å². The molecule has 0 saturated carbocycles. The van der Waals surface area contributed by atoms with Crippen LogP contribution in [0, 0.1) is 10.1 Å². The number of nitro benzene ring substituents is 1. The fourth-order valence-corrected chi connectivity index (χ4v) is 2.21. The number of carbonyl (C=O) groups is 2. The first-order valence-electron chi connectivity index (χ1n) is 6.73. The third kappa shape index (κ3) is 2.80. The lowest BCUT2D eigenvalue weighted by Crippen LogP contribution is -2.35. The first kappa shape index (κ1) is 14.5. The number of nitro groups is 1. The Labute approximate surface area is 131 Å². The third-order valence-electron chi connectivity index (χ3n) is 3.30. The van der Waals surface area contributed by atoms with Gasteiger partial charge in [0.15, 0.2) is 0 Å². The first-order chi connectivity index (χ1) is 11.1. The Morgan fingerprint density at radius 3 is 2.48 bits per heavy atom. The molecule has 7 heteroatoms. The number of benzene rings is 2. The summed E-state index contributed by atoms with van der Waals surface area (Å²) in [6.45, 7) is 0. The average molecular weight is 309 g/mol. The van der Waals surface area contributed by atoms with E-state index >= 15 is 0 Å². The number of hydrogen-bond donors (Lipinski definition) is 1. The Morgan fingerprint density at radius 1 is 1.04 bits per heavy atom. The lowest BCUT2D eigenvalue weighted by molar-refractivity contribution is -0.384. The zero-order valence-electron chi connectivity index (χ0n) is 11.8. The average Bonchev–Trinajstić information content (AvgIpc) is 2.84. The highest BCUT2D eigenvalue weighted by Crippen LogP contribution is 2.22. The van der Waals surface area contributed by atoms with Crippen molar-refractivity contribution >= 4 is 29.3 Å². The third-order valence-corrected chi connectivity index (χ3v) is 3.30. The van der Waals surface area contributed by atoms with Crippen LogP contribution in [0.1, 0.15) is 5.56 Å². The Hall–Kier alpha value is -3.48. The fourth-order valence-electron chi connectivity index (χ4n) is 2.21. The van der Waals surface area contributed by atoms with Crippen molar-refractivity contribution in [3.8, 4) is 0 Å². The maximum Gasteiger partial charge on any atom is 0.282 e. The van der Waals surface area contributed by atoms with Gasteiger partial charge in [-0.2, -0.15) is 0 Å². The van der Waals surface area contributed by atoms with E-state index in [-0.39, 0.29) is 11.3 Å². The molecular formula is C16H11N3O4. The van der Waals surface area contributed by atoms with Gasteiger partial charge in [-0.1, -0.05) is 30.3 Å². The van der Waals surface area contributed by atoms with Crippen molar-refractivity contribution in [1.82, 2.24) is 5.43 Å². The molecule has 0 spiro atoms. The number of anilines is 1. The van der Waals surface area contributed by atoms with Crippen molar-refractivity contribution in [2.75, 3.05) is 5.01 Å². The van der Waals surface area contributed by atoms with Gasteiger partial charge in [0.2, 0.25) is 0 Å². The molecule has 0 radical (unpaired) electrons. The lowest BCUT2D eigenvalue weighted by atomic mass is 10.1. The smallest absolute Gasteiger partial charge is 0.267 e. The summed E-state index contributed by atoms with van der Waals surface area (Å²) < 4.78 is 0. The SMILES string of the molecule is O=C1NN(c2ccccc2)C(=O)C1=Cc1cccc([N+](=O)[O-])c1. The van der Waals surface area contributed by atoms with Gasteiger partial charge < -0.3 is 0 Å². The Balaban J connectivity index is 1.94. The van der Waals surface area contributed by atoms with Crippen LogP contribution in [0.25, 0.3) is 6.08 Å². The van der Waals surface area contributed by atoms with E-state index in [1.807, 2.05) is 0 Å². The number of nitrogens with zero attached hydrogens (tertiary/aromatic N) is 2. The van der Waals surface area contributed by atoms with Crippen LogP contribution in [0.3, 0.4) is 0 Å². The second-order valence-corrected chi connectivity index (χ2v) is 4.83. The molecule has 2 amide bonds. The highest BCUT2D eigenvalue weighted by atomic mass is 16.6. The van der Waals surface area contributed by atoms with Crippen LogP contribution in [0.2, 0.25) is 0 Å². The molecule has 0 aliphatic carbocycles. The molecule has 1 heterocycles. The van der Waals surface area contributed by atoms with Gasteiger partial charge >= 0.3 is 0 Å². The summed E-state index contributed by atoms with van der Waals surface area (Å²) in [5, 5.41) is 11.9. The normalized spacial score (nSPS) is 15.8. The topological polar surface area (TPSA) is 92.6 Å². The van der Waals surface area contributed by atoms with E-state index in [1.54, 1.807) is 36.4 Å². The van der Waals surface area contributed by atoms with Crippen LogP contribution in [0.15, 0.2) is 60.2 Å². The maximum atomic E-state index is 12.4. The van der Waals surface area contributed by atoms with E-state index in [1.165, 1.54) is 24.3 Å². The van der Waals surface area contributed by atoms with Gasteiger partial charge in [-0.3, -0.25) is 25.1 Å². The highest BCUT2D eigenvalue weighted by molar-refractivity contribution is 6.31. The van der Waals surface area contributed by atoms with Crippen molar-refractivity contribution in [2.45, 2.75) is 0 Å². The number of non-ortho nitro benzene ring substituents is 1. The van der Waals surface area contributed by atoms with E-state index in [0.717, 1.165) is 5.01 Å². The molecule has 2 aromatic rings. The summed E-state index contributed by atoms with van der Waals surface area (Å²) >= 11 is 0. The van der Waals surface area contributed by atoms with Crippen molar-refractivity contribution < 1.29 is 14.5 Å². The largest absolute Gasteiger partial charge is 0.282 e. The molecule has 1 N–H and O–H groups in total. The molecule has 1 aliphatic heterocycles. The van der Waals surface area contributed by atoms with Crippen molar-refractivity contribution in [1.29, 1.82) is 0 Å². The lowest BCUT2D eigenvalue weighted by Gasteiger charge is -2.13. The van der Waals surface area contributed by atoms with E-state index in [9.17, 15) is 19.7 Å². The predicted molar refractivity (Wildman–Crippen MR) is 83.1 cm³/mol. The molecule has 1 aliphatic rings. The summed E-state index contributed by atoms with van der Waals surface area (Å²) in [4.78, 5) is 34.6. The molecule has 2 aromatic carbocycles. The van der Waals surface area contributed by atoms with E-state index in [2.05, 4.69) is 5.43 Å². The highest BCUT2D eigenvalue weighted by Gasteiger charge is 2.34. The van der Waals surface area contributed by atoms with Crippen LogP contribution in [-0.4, -0.2) is 16.7 Å². The first-order valence-corrected chi connectivity index (χ1v) is 6.73. The fraction of sp³-hybridized carbons (Fsp3) is 0. The van der Waals surface area contributed by atoms with Gasteiger partial charge in [0.1, 0.15) is 5.57 Å². The molecular weight excluding hydrogens is 298 g/mol. The summed E-state index contributed by atoms with van der Waals surface area (Å²) in [5.74, 6) is -1.06. The molecule has 0 bridgehead atoms. The number of para-hydroxylation sites is 1. The molecule has 0 atom stereocenters. The Kier molecular flexibility index (Phi) is 3.60. The quantitative estimate of drug-likeness (QED) is 0.406. The van der Waals surface area contributed by atoms with Gasteiger partial charge in [0, 0.05) is 12.1 Å². The minimum absolute atomic E-state index is 0.0747. The number of rotatable bonds is 3. The Morgan fingerprint density at radius 2 is 1.78 bits per heavy atom. The summed E-state index contributed by atoms with van der Waals surface area (Å²) in [5.41, 5.74) is 3.23. The van der Waals surface area contributed by atoms with Crippen LogP contribution in [0.5, 0.6) is 0 Å². The number of amides is 2. The van der Waals surface area contributed by atoms with Gasteiger partial charge in [0.05, 0.1) is 10.6 Å². The molecule has 3 rings (SSSR count). The summed E-state index contributed by atoms with van der Waals surface area (Å²) in [7, 11) is 0. The number of hydrogen-bond acceptors (Lipinski definition) is 4. The molecule has 7 nitrogen and oxygen atoms in total. The summed E-state index contributed by atoms with van der Waals surface area (Å²) in [6.07, 6.45) is 1.34. The minimum Gasteiger partial charge on any atom is -0.267 e. The van der Waals surface area contributed by atoms with E-state index in [0.29, 0.717) is 11.3 Å². The molecule has 23 heavy (non-hydrogen) atoms. The monoisotopic (exact) mass is 309 g/mol. The van der Waals surface area contributed by atoms with E-state index < -0.39 is 16.7 Å². The summed E-state index contributed by atoms with van der Waals surface area (Å²) in [6, 6.07) is 14.4. The molecule has 1 fully saturated rings. The number of carbonyl (C=O) groups excluding carboxylic acids is 2. The molecule has 114 valence electrons. The van der Waals surface area contributed by atoms with Crippen molar-refractivity contribution in [3.63, 3.8) is 0 Å². The van der Waals surface area contributed by atoms with E-state index in [4.69, 9.17) is 0 Å². The standard InChI is InChI=1S/C16H11N3O4/c20-15-14(10-11-5-4-8-13(9-11)19(22)23)16(21)18(17-15)12-6-2-1-3-7-12/h1-10H,(H,17,20). The molecule has 0 aromatic heterocycles. The zero-order valence-corrected chi connectivity index (χ0v) is 11.8. The van der Waals surface area contributed by atoms with Crippen molar-refractivity contribution in [3.05, 3.63) is 75.8 Å². The second-order valence-electron chi connectivity index (χ2n) is 4.83. The molecule has 1 saturated heterocycles. The zero-order chi connectivity index (χ0) is 16.4. The van der Waals surface area contributed by atoms with Gasteiger partial charge in [-0.15, -0.1) is 0 Å². The van der Waals surface area contributed by atoms with Crippen LogP contribution in [0.4, 0.5) is 11.4 Å². The minimum atomic E-state index is -0.551. The number of nitrogens with one attached hydrogen (secondary N) is 1. The van der Waals surface area contributed by atoms with Crippen LogP contribution < -0.4 is 10.4 Å². The van der Waals surface area contributed by atoms with Crippen molar-refractivity contribution in [2.24, 2.45) is 0 Å².